The van der Waals surface area contributed by atoms with E-state index in [1.807, 2.05) is 42.5 Å². The molecule has 2 aromatic carbocycles. The van der Waals surface area contributed by atoms with E-state index in [2.05, 4.69) is 36.6 Å². The van der Waals surface area contributed by atoms with Gasteiger partial charge < -0.3 is 32.3 Å². The molecule has 0 atom stereocenters. The van der Waals surface area contributed by atoms with Crippen LogP contribution < -0.4 is 32.3 Å². The molecular weight excluding hydrogens is 392 g/mol. The first kappa shape index (κ1) is 20.8. The second-order valence-corrected chi connectivity index (χ2v) is 7.36. The molecule has 0 bridgehead atoms. The van der Waals surface area contributed by atoms with Crippen molar-refractivity contribution >= 4 is 29.1 Å². The Labute approximate surface area is 181 Å². The minimum Gasteiger partial charge on any atom is -0.368 e. The molecule has 0 radical (unpaired) electrons. The highest BCUT2D eigenvalue weighted by Crippen LogP contribution is 2.19. The molecule has 31 heavy (non-hydrogen) atoms. The molecule has 9 heteroatoms. The minimum absolute atomic E-state index is 0.308. The smallest absolute Gasteiger partial charge is 0.323 e. The summed E-state index contributed by atoms with van der Waals surface area (Å²) in [7, 11) is 0. The summed E-state index contributed by atoms with van der Waals surface area (Å²) in [6, 6.07) is 13.3. The third-order valence-corrected chi connectivity index (χ3v) is 4.92. The number of benzene rings is 2. The lowest BCUT2D eigenvalue weighted by Crippen LogP contribution is -2.24. The van der Waals surface area contributed by atoms with E-state index >= 15 is 0 Å². The molecule has 0 aliphatic carbocycles. The number of amidine groups is 2. The topological polar surface area (TPSA) is 128 Å². The lowest BCUT2D eigenvalue weighted by molar-refractivity contribution is 0.262. The van der Waals surface area contributed by atoms with Crippen LogP contribution in [0.4, 0.5) is 16.2 Å². The van der Waals surface area contributed by atoms with Crippen LogP contribution in [-0.4, -0.2) is 57.0 Å². The lowest BCUT2D eigenvalue weighted by Gasteiger charge is -2.13. The predicted octanol–water partition coefficient (Wildman–Crippen LogP) is 1.08. The van der Waals surface area contributed by atoms with Gasteiger partial charge in [0.15, 0.2) is 0 Å². The number of aliphatic imine (C=N–C) groups is 2. The number of hydrogen-bond donors (Lipinski definition) is 6. The van der Waals surface area contributed by atoms with Crippen LogP contribution >= 0.6 is 0 Å². The zero-order valence-electron chi connectivity index (χ0n) is 17.4. The van der Waals surface area contributed by atoms with Crippen molar-refractivity contribution in [3.05, 3.63) is 59.2 Å². The molecule has 0 saturated carbocycles. The van der Waals surface area contributed by atoms with Gasteiger partial charge in [-0.2, -0.15) is 0 Å². The fraction of sp³-hybridized carbons (Fsp3) is 0.318. The predicted molar refractivity (Wildman–Crippen MR) is 125 cm³/mol. The van der Waals surface area contributed by atoms with Crippen LogP contribution in [0.25, 0.3) is 0 Å². The summed E-state index contributed by atoms with van der Waals surface area (Å²) in [4.78, 5) is 21.7. The van der Waals surface area contributed by atoms with Crippen molar-refractivity contribution in [3.8, 4) is 0 Å². The highest BCUT2D eigenvalue weighted by atomic mass is 16.2. The highest BCUT2D eigenvalue weighted by Gasteiger charge is 2.15. The molecule has 0 aromatic heterocycles. The van der Waals surface area contributed by atoms with Crippen LogP contribution in [-0.2, 0) is 6.54 Å². The second kappa shape index (κ2) is 10.1. The van der Waals surface area contributed by atoms with Crippen molar-refractivity contribution < 1.29 is 4.79 Å². The van der Waals surface area contributed by atoms with Crippen molar-refractivity contribution in [1.82, 2.24) is 16.0 Å². The van der Waals surface area contributed by atoms with Crippen LogP contribution in [0.2, 0.25) is 0 Å². The number of nitrogens with one attached hydrogen (secondary N) is 5. The fourth-order valence-corrected chi connectivity index (χ4v) is 3.54. The summed E-state index contributed by atoms with van der Waals surface area (Å²) in [6.07, 6.45) is 0. The first-order valence-electron chi connectivity index (χ1n) is 10.5. The molecule has 9 nitrogen and oxygen atoms in total. The first-order valence-corrected chi connectivity index (χ1v) is 10.5. The number of hydrogen-bond acceptors (Lipinski definition) is 7. The van der Waals surface area contributed by atoms with Crippen LogP contribution in [0.1, 0.15) is 16.7 Å². The maximum atomic E-state index is 12.7. The maximum Gasteiger partial charge on any atom is 0.323 e. The van der Waals surface area contributed by atoms with Crippen LogP contribution in [0.15, 0.2) is 52.4 Å². The number of urea groups is 1. The first-order chi connectivity index (χ1) is 15.2. The Balaban J connectivity index is 1.48. The number of anilines is 2. The quantitative estimate of drug-likeness (QED) is 0.356. The molecule has 7 N–H and O–H groups in total. The highest BCUT2D eigenvalue weighted by molar-refractivity contribution is 6.07. The summed E-state index contributed by atoms with van der Waals surface area (Å²) in [5.74, 6) is 1.67. The third kappa shape index (κ3) is 5.59. The van der Waals surface area contributed by atoms with Gasteiger partial charge in [-0.15, -0.1) is 0 Å². The molecule has 2 aliphatic rings. The monoisotopic (exact) mass is 420 g/mol. The second-order valence-electron chi connectivity index (χ2n) is 7.36. The molecule has 2 aliphatic heterocycles. The summed E-state index contributed by atoms with van der Waals surface area (Å²) in [5.41, 5.74) is 9.84. The number of nitrogens with two attached hydrogens (primary N) is 1. The Morgan fingerprint density at radius 1 is 0.935 bits per heavy atom. The zero-order chi connectivity index (χ0) is 21.5. The average Bonchev–Trinajstić information content (AvgIpc) is 3.48. The van der Waals surface area contributed by atoms with Crippen molar-refractivity contribution in [2.24, 2.45) is 15.7 Å². The number of carbonyl (C=O) groups is 1. The van der Waals surface area contributed by atoms with E-state index in [0.29, 0.717) is 18.8 Å². The van der Waals surface area contributed by atoms with Gasteiger partial charge in [0.25, 0.3) is 0 Å². The van der Waals surface area contributed by atoms with E-state index in [1.165, 1.54) is 0 Å². The standard InChI is InChI=1S/C22H28N8O/c23-4-5-24-14-15-2-1-3-18(10-15)29-22(31)30-19-12-16(20-25-6-7-26-20)11-17(13-19)21-27-8-9-28-21/h1-3,10-13,24H,4-9,14,23H2,(H,25,26)(H,27,28)(H2,29,30,31). The molecule has 4 rings (SSSR count). The van der Waals surface area contributed by atoms with Gasteiger partial charge in [-0.05, 0) is 35.9 Å². The molecule has 2 heterocycles. The maximum absolute atomic E-state index is 12.7. The van der Waals surface area contributed by atoms with E-state index in [4.69, 9.17) is 5.73 Å². The number of amides is 2. The van der Waals surface area contributed by atoms with Crippen LogP contribution in [0.3, 0.4) is 0 Å². The van der Waals surface area contributed by atoms with Gasteiger partial charge >= 0.3 is 6.03 Å². The van der Waals surface area contributed by atoms with Gasteiger partial charge in [0, 0.05) is 55.2 Å². The Bertz CT molecular complexity index is 959. The van der Waals surface area contributed by atoms with E-state index in [9.17, 15) is 4.79 Å². The molecule has 0 saturated heterocycles. The molecule has 0 unspecified atom stereocenters. The van der Waals surface area contributed by atoms with E-state index < -0.39 is 0 Å². The van der Waals surface area contributed by atoms with Gasteiger partial charge in [-0.25, -0.2) is 4.79 Å². The van der Waals surface area contributed by atoms with Gasteiger partial charge in [0.05, 0.1) is 13.1 Å². The van der Waals surface area contributed by atoms with Crippen molar-refractivity contribution in [1.29, 1.82) is 0 Å². The normalized spacial score (nSPS) is 15.0. The van der Waals surface area contributed by atoms with Gasteiger partial charge in [0.2, 0.25) is 0 Å². The SMILES string of the molecule is NCCNCc1cccc(NC(=O)Nc2cc(C3=NCCN3)cc(C3=NCCN3)c2)c1. The van der Waals surface area contributed by atoms with E-state index in [1.54, 1.807) is 0 Å². The van der Waals surface area contributed by atoms with Gasteiger partial charge in [0.1, 0.15) is 11.7 Å². The Morgan fingerprint density at radius 3 is 2.23 bits per heavy atom. The van der Waals surface area contributed by atoms with Crippen molar-refractivity contribution in [3.63, 3.8) is 0 Å². The third-order valence-electron chi connectivity index (χ3n) is 4.92. The zero-order valence-corrected chi connectivity index (χ0v) is 17.4. The Morgan fingerprint density at radius 2 is 1.61 bits per heavy atom. The molecule has 2 aromatic rings. The van der Waals surface area contributed by atoms with E-state index in [-0.39, 0.29) is 6.03 Å². The molecular formula is C22H28N8O. The summed E-state index contributed by atoms with van der Waals surface area (Å²) < 4.78 is 0. The summed E-state index contributed by atoms with van der Waals surface area (Å²) in [6.45, 7) is 5.17. The molecule has 2 amide bonds. The molecule has 162 valence electrons. The number of nitrogens with zero attached hydrogens (tertiary/aromatic N) is 2. The summed E-state index contributed by atoms with van der Waals surface area (Å²) >= 11 is 0. The Kier molecular flexibility index (Phi) is 6.75. The number of rotatable bonds is 8. The lowest BCUT2D eigenvalue weighted by atomic mass is 10.1. The van der Waals surface area contributed by atoms with Gasteiger partial charge in [-0.3, -0.25) is 9.98 Å². The molecule has 0 spiro atoms. The van der Waals surface area contributed by atoms with Crippen LogP contribution in [0, 0.1) is 0 Å². The largest absolute Gasteiger partial charge is 0.368 e. The van der Waals surface area contributed by atoms with Crippen molar-refractivity contribution in [2.45, 2.75) is 6.54 Å². The van der Waals surface area contributed by atoms with Crippen molar-refractivity contribution in [2.75, 3.05) is 49.9 Å². The van der Waals surface area contributed by atoms with Gasteiger partial charge in [-0.1, -0.05) is 12.1 Å². The van der Waals surface area contributed by atoms with E-state index in [0.717, 1.165) is 66.8 Å². The fourth-order valence-electron chi connectivity index (χ4n) is 3.54. The average molecular weight is 421 g/mol. The summed E-state index contributed by atoms with van der Waals surface area (Å²) in [5, 5.41) is 15.7. The Hall–Kier alpha value is -3.43. The number of carbonyl (C=O) groups excluding carboxylic acids is 1. The van der Waals surface area contributed by atoms with Crippen LogP contribution in [0.5, 0.6) is 0 Å². The molecule has 0 fully saturated rings. The minimum atomic E-state index is -0.308.